The Kier molecular flexibility index (Phi) is 4.38. The molecule has 0 unspecified atom stereocenters. The lowest BCUT2D eigenvalue weighted by atomic mass is 10.1. The molecule has 4 nitrogen and oxygen atoms in total. The standard InChI is InChI=1S/C21H16FN3OS/c1-13-20(15-3-7-16(22)8-4-15)25-18(11-12-23)19(24-21(25)27-13)14-5-9-17(26-2)10-6-14/h3-10H,11H2,1-2H3. The number of hydrogen-bond donors (Lipinski definition) is 0. The Morgan fingerprint density at radius 3 is 2.41 bits per heavy atom. The Balaban J connectivity index is 1.95. The van der Waals surface area contributed by atoms with Crippen LogP contribution in [0.15, 0.2) is 48.5 Å². The highest BCUT2D eigenvalue weighted by Crippen LogP contribution is 2.36. The minimum Gasteiger partial charge on any atom is -0.497 e. The van der Waals surface area contributed by atoms with Crippen LogP contribution in [0.2, 0.25) is 0 Å². The molecule has 0 aliphatic rings. The molecule has 0 fully saturated rings. The summed E-state index contributed by atoms with van der Waals surface area (Å²) in [4.78, 5) is 6.69. The molecule has 4 rings (SSSR count). The number of aromatic nitrogens is 2. The van der Waals surface area contributed by atoms with Crippen LogP contribution in [0.25, 0.3) is 27.5 Å². The van der Waals surface area contributed by atoms with E-state index in [0.717, 1.165) is 43.8 Å². The van der Waals surface area contributed by atoms with Crippen molar-refractivity contribution in [2.24, 2.45) is 0 Å². The summed E-state index contributed by atoms with van der Waals surface area (Å²) >= 11 is 1.56. The van der Waals surface area contributed by atoms with Crippen LogP contribution in [0.5, 0.6) is 5.75 Å². The Bertz CT molecular complexity index is 1150. The molecule has 0 aliphatic carbocycles. The number of thiazole rings is 1. The molecule has 2 aromatic heterocycles. The molecule has 0 atom stereocenters. The van der Waals surface area contributed by atoms with Crippen LogP contribution in [-0.2, 0) is 6.42 Å². The van der Waals surface area contributed by atoms with Gasteiger partial charge in [-0.25, -0.2) is 9.37 Å². The molecule has 0 spiro atoms. The minimum absolute atomic E-state index is 0.229. The van der Waals surface area contributed by atoms with E-state index in [2.05, 4.69) is 6.07 Å². The van der Waals surface area contributed by atoms with Gasteiger partial charge in [-0.1, -0.05) is 0 Å². The summed E-state index contributed by atoms with van der Waals surface area (Å²) in [5.41, 5.74) is 4.40. The maximum Gasteiger partial charge on any atom is 0.195 e. The molecule has 2 heterocycles. The lowest BCUT2D eigenvalue weighted by Crippen LogP contribution is -1.96. The Hall–Kier alpha value is -3.17. The van der Waals surface area contributed by atoms with Crippen molar-refractivity contribution < 1.29 is 9.13 Å². The second-order valence-corrected chi connectivity index (χ2v) is 7.28. The molecule has 134 valence electrons. The summed E-state index contributed by atoms with van der Waals surface area (Å²) in [5, 5.41) is 9.40. The fraction of sp³-hybridized carbons (Fsp3) is 0.143. The van der Waals surface area contributed by atoms with E-state index in [1.807, 2.05) is 35.6 Å². The number of rotatable bonds is 4. The average molecular weight is 377 g/mol. The fourth-order valence-electron chi connectivity index (χ4n) is 3.23. The molecule has 0 radical (unpaired) electrons. The molecular formula is C21H16FN3OS. The van der Waals surface area contributed by atoms with E-state index >= 15 is 0 Å². The number of fused-ring (bicyclic) bond motifs is 1. The van der Waals surface area contributed by atoms with E-state index in [0.29, 0.717) is 0 Å². The fourth-order valence-corrected chi connectivity index (χ4v) is 4.24. The van der Waals surface area contributed by atoms with E-state index in [-0.39, 0.29) is 12.2 Å². The minimum atomic E-state index is -0.273. The van der Waals surface area contributed by atoms with Gasteiger partial charge in [0, 0.05) is 10.4 Å². The predicted octanol–water partition coefficient (Wildman–Crippen LogP) is 5.25. The van der Waals surface area contributed by atoms with Crippen LogP contribution >= 0.6 is 11.3 Å². The lowest BCUT2D eigenvalue weighted by Gasteiger charge is -2.07. The number of methoxy groups -OCH3 is 1. The van der Waals surface area contributed by atoms with Crippen LogP contribution in [-0.4, -0.2) is 16.5 Å². The van der Waals surface area contributed by atoms with Crippen molar-refractivity contribution >= 4 is 16.3 Å². The summed E-state index contributed by atoms with van der Waals surface area (Å²) in [6, 6.07) is 16.3. The van der Waals surface area contributed by atoms with Crippen molar-refractivity contribution in [2.75, 3.05) is 7.11 Å². The molecule has 0 aliphatic heterocycles. The molecule has 4 aromatic rings. The zero-order valence-electron chi connectivity index (χ0n) is 14.9. The van der Waals surface area contributed by atoms with Crippen molar-refractivity contribution in [3.8, 4) is 34.3 Å². The number of imidazole rings is 1. The van der Waals surface area contributed by atoms with Gasteiger partial charge in [0.15, 0.2) is 4.96 Å². The van der Waals surface area contributed by atoms with Crippen molar-refractivity contribution in [1.29, 1.82) is 5.26 Å². The van der Waals surface area contributed by atoms with Crippen molar-refractivity contribution in [3.05, 3.63) is 64.9 Å². The number of aryl methyl sites for hydroxylation is 1. The monoisotopic (exact) mass is 377 g/mol. The van der Waals surface area contributed by atoms with Crippen LogP contribution < -0.4 is 4.74 Å². The molecule has 6 heteroatoms. The summed E-state index contributed by atoms with van der Waals surface area (Å²) in [7, 11) is 1.63. The number of ether oxygens (including phenoxy) is 1. The molecule has 0 saturated carbocycles. The van der Waals surface area contributed by atoms with Gasteiger partial charge >= 0.3 is 0 Å². The van der Waals surface area contributed by atoms with E-state index in [4.69, 9.17) is 9.72 Å². The normalized spacial score (nSPS) is 10.9. The Morgan fingerprint density at radius 1 is 1.11 bits per heavy atom. The summed E-state index contributed by atoms with van der Waals surface area (Å²) < 4.78 is 20.6. The maximum atomic E-state index is 13.4. The van der Waals surface area contributed by atoms with Crippen LogP contribution in [0, 0.1) is 24.1 Å². The second-order valence-electron chi connectivity index (χ2n) is 6.10. The van der Waals surface area contributed by atoms with Gasteiger partial charge in [-0.3, -0.25) is 4.40 Å². The number of nitrogens with zero attached hydrogens (tertiary/aromatic N) is 3. The molecule has 0 saturated heterocycles. The zero-order chi connectivity index (χ0) is 19.0. The molecule has 0 N–H and O–H groups in total. The van der Waals surface area contributed by atoms with Crippen LogP contribution in [0.4, 0.5) is 4.39 Å². The largest absolute Gasteiger partial charge is 0.497 e. The third-order valence-electron chi connectivity index (χ3n) is 4.47. The van der Waals surface area contributed by atoms with Gasteiger partial charge in [0.2, 0.25) is 0 Å². The van der Waals surface area contributed by atoms with Gasteiger partial charge in [-0.2, -0.15) is 5.26 Å². The quantitative estimate of drug-likeness (QED) is 0.488. The summed E-state index contributed by atoms with van der Waals surface area (Å²) in [5.74, 6) is 0.495. The van der Waals surface area contributed by atoms with E-state index in [1.165, 1.54) is 12.1 Å². The molecule has 27 heavy (non-hydrogen) atoms. The second kappa shape index (κ2) is 6.86. The van der Waals surface area contributed by atoms with Gasteiger partial charge in [0.1, 0.15) is 11.6 Å². The first-order valence-electron chi connectivity index (χ1n) is 8.40. The van der Waals surface area contributed by atoms with Crippen LogP contribution in [0.1, 0.15) is 10.6 Å². The zero-order valence-corrected chi connectivity index (χ0v) is 15.7. The first-order chi connectivity index (χ1) is 13.1. The van der Waals surface area contributed by atoms with Gasteiger partial charge in [0.05, 0.1) is 36.7 Å². The summed E-state index contributed by atoms with van der Waals surface area (Å²) in [6.07, 6.45) is 0.229. The highest BCUT2D eigenvalue weighted by atomic mass is 32.1. The van der Waals surface area contributed by atoms with Crippen molar-refractivity contribution in [3.63, 3.8) is 0 Å². The highest BCUT2D eigenvalue weighted by molar-refractivity contribution is 7.17. The molecule has 2 aromatic carbocycles. The van der Waals surface area contributed by atoms with Crippen LogP contribution in [0.3, 0.4) is 0 Å². The van der Waals surface area contributed by atoms with Gasteiger partial charge < -0.3 is 4.74 Å². The Morgan fingerprint density at radius 2 is 1.78 bits per heavy atom. The molecular weight excluding hydrogens is 361 g/mol. The smallest absolute Gasteiger partial charge is 0.195 e. The summed E-state index contributed by atoms with van der Waals surface area (Å²) in [6.45, 7) is 2.02. The Labute approximate surface area is 160 Å². The first-order valence-corrected chi connectivity index (χ1v) is 9.22. The van der Waals surface area contributed by atoms with E-state index in [1.54, 1.807) is 30.6 Å². The predicted molar refractivity (Wildman–Crippen MR) is 105 cm³/mol. The highest BCUT2D eigenvalue weighted by Gasteiger charge is 2.21. The maximum absolute atomic E-state index is 13.4. The lowest BCUT2D eigenvalue weighted by molar-refractivity contribution is 0.415. The number of benzene rings is 2. The molecule has 0 amide bonds. The molecule has 0 bridgehead atoms. The number of nitriles is 1. The van der Waals surface area contributed by atoms with Gasteiger partial charge in [-0.05, 0) is 61.0 Å². The topological polar surface area (TPSA) is 50.3 Å². The van der Waals surface area contributed by atoms with Gasteiger partial charge in [-0.15, -0.1) is 11.3 Å². The number of halogens is 1. The van der Waals surface area contributed by atoms with E-state index in [9.17, 15) is 9.65 Å². The van der Waals surface area contributed by atoms with Crippen molar-refractivity contribution in [2.45, 2.75) is 13.3 Å². The van der Waals surface area contributed by atoms with Gasteiger partial charge in [0.25, 0.3) is 0 Å². The van der Waals surface area contributed by atoms with E-state index < -0.39 is 0 Å². The third-order valence-corrected chi connectivity index (χ3v) is 5.43. The van der Waals surface area contributed by atoms with Crippen molar-refractivity contribution in [1.82, 2.24) is 9.38 Å². The average Bonchev–Trinajstić information content (AvgIpc) is 3.18. The number of hydrogen-bond acceptors (Lipinski definition) is 4. The third kappa shape index (κ3) is 2.96. The first kappa shape index (κ1) is 17.3. The SMILES string of the molecule is COc1ccc(-c2nc3sc(C)c(-c4ccc(F)cc4)n3c2CC#N)cc1.